The van der Waals surface area contributed by atoms with Crippen LogP contribution in [0.2, 0.25) is 0 Å². The van der Waals surface area contributed by atoms with Crippen molar-refractivity contribution in [1.82, 2.24) is 0 Å². The van der Waals surface area contributed by atoms with Crippen LogP contribution in [0, 0.1) is 0 Å². The fourth-order valence-electron chi connectivity index (χ4n) is 3.13. The van der Waals surface area contributed by atoms with Gasteiger partial charge in [-0.15, -0.1) is 0 Å². The third-order valence-electron chi connectivity index (χ3n) is 4.36. The molecule has 1 aliphatic carbocycles. The lowest BCUT2D eigenvalue weighted by Crippen LogP contribution is -2.50. The van der Waals surface area contributed by atoms with E-state index < -0.39 is 5.60 Å². The fraction of sp³-hybridized carbons (Fsp3) is 0.529. The average molecular weight is 271 g/mol. The highest BCUT2D eigenvalue weighted by atomic mass is 16.6. The average Bonchev–Trinajstić information content (AvgIpc) is 2.45. The van der Waals surface area contributed by atoms with E-state index in [0.717, 1.165) is 43.4 Å². The molecule has 1 aromatic carbocycles. The SMILES string of the molecule is CCCC[C@H]1N=C2c3ccccc3CC[C@@]2(C)OC1=O. The van der Waals surface area contributed by atoms with Gasteiger partial charge in [0.2, 0.25) is 0 Å². The zero-order valence-electron chi connectivity index (χ0n) is 12.2. The van der Waals surface area contributed by atoms with Gasteiger partial charge in [-0.3, -0.25) is 4.99 Å². The topological polar surface area (TPSA) is 38.7 Å². The second-order valence-corrected chi connectivity index (χ2v) is 5.94. The number of aliphatic imine (C=N–C) groups is 1. The van der Waals surface area contributed by atoms with Gasteiger partial charge < -0.3 is 4.74 Å². The molecule has 0 saturated heterocycles. The molecule has 0 radical (unpaired) electrons. The molecule has 0 spiro atoms. The van der Waals surface area contributed by atoms with E-state index in [1.807, 2.05) is 13.0 Å². The molecule has 0 unspecified atom stereocenters. The van der Waals surface area contributed by atoms with Crippen LogP contribution in [0.4, 0.5) is 0 Å². The Hall–Kier alpha value is -1.64. The second-order valence-electron chi connectivity index (χ2n) is 5.94. The van der Waals surface area contributed by atoms with Crippen molar-refractivity contribution in [2.75, 3.05) is 0 Å². The van der Waals surface area contributed by atoms with Gasteiger partial charge in [0.05, 0.1) is 5.71 Å². The molecule has 1 aromatic rings. The maximum absolute atomic E-state index is 12.1. The van der Waals surface area contributed by atoms with Crippen molar-refractivity contribution in [1.29, 1.82) is 0 Å². The summed E-state index contributed by atoms with van der Waals surface area (Å²) in [5.41, 5.74) is 2.92. The summed E-state index contributed by atoms with van der Waals surface area (Å²) in [4.78, 5) is 16.9. The summed E-state index contributed by atoms with van der Waals surface area (Å²) < 4.78 is 5.77. The van der Waals surface area contributed by atoms with Gasteiger partial charge in [0.1, 0.15) is 6.04 Å². The molecular formula is C17H21NO2. The maximum Gasteiger partial charge on any atom is 0.331 e. The van der Waals surface area contributed by atoms with Crippen molar-refractivity contribution >= 4 is 11.7 Å². The lowest BCUT2D eigenvalue weighted by atomic mass is 9.78. The molecule has 2 aliphatic rings. The summed E-state index contributed by atoms with van der Waals surface area (Å²) in [6.45, 7) is 4.12. The number of aryl methyl sites for hydroxylation is 1. The molecule has 0 amide bonds. The van der Waals surface area contributed by atoms with Crippen molar-refractivity contribution in [2.24, 2.45) is 4.99 Å². The molecule has 0 aromatic heterocycles. The maximum atomic E-state index is 12.1. The highest BCUT2D eigenvalue weighted by molar-refractivity contribution is 6.11. The van der Waals surface area contributed by atoms with E-state index in [1.54, 1.807) is 0 Å². The summed E-state index contributed by atoms with van der Waals surface area (Å²) in [6, 6.07) is 8.02. The zero-order valence-corrected chi connectivity index (χ0v) is 12.2. The van der Waals surface area contributed by atoms with Crippen molar-refractivity contribution in [3.63, 3.8) is 0 Å². The summed E-state index contributed by atoms with van der Waals surface area (Å²) in [5.74, 6) is -0.149. The van der Waals surface area contributed by atoms with Crippen molar-refractivity contribution < 1.29 is 9.53 Å². The van der Waals surface area contributed by atoms with Crippen molar-refractivity contribution in [3.8, 4) is 0 Å². The number of rotatable bonds is 3. The first-order valence-corrected chi connectivity index (χ1v) is 7.53. The van der Waals surface area contributed by atoms with Crippen LogP contribution >= 0.6 is 0 Å². The molecule has 0 bridgehead atoms. The molecule has 1 aliphatic heterocycles. The molecule has 0 fully saturated rings. The second kappa shape index (κ2) is 5.04. The van der Waals surface area contributed by atoms with E-state index in [0.29, 0.717) is 0 Å². The summed E-state index contributed by atoms with van der Waals surface area (Å²) in [6.07, 6.45) is 4.64. The Labute approximate surface area is 120 Å². The van der Waals surface area contributed by atoms with E-state index in [2.05, 4.69) is 25.1 Å². The summed E-state index contributed by atoms with van der Waals surface area (Å²) in [5, 5.41) is 0. The monoisotopic (exact) mass is 271 g/mol. The molecule has 20 heavy (non-hydrogen) atoms. The van der Waals surface area contributed by atoms with E-state index >= 15 is 0 Å². The van der Waals surface area contributed by atoms with Gasteiger partial charge in [-0.1, -0.05) is 44.0 Å². The van der Waals surface area contributed by atoms with E-state index in [1.165, 1.54) is 5.56 Å². The van der Waals surface area contributed by atoms with Gasteiger partial charge in [0.25, 0.3) is 0 Å². The Morgan fingerprint density at radius 3 is 3.00 bits per heavy atom. The van der Waals surface area contributed by atoms with Crippen molar-refractivity contribution in [3.05, 3.63) is 35.4 Å². The molecule has 3 nitrogen and oxygen atoms in total. The predicted molar refractivity (Wildman–Crippen MR) is 79.1 cm³/mol. The van der Waals surface area contributed by atoms with Crippen LogP contribution in [0.15, 0.2) is 29.3 Å². The smallest absolute Gasteiger partial charge is 0.331 e. The minimum Gasteiger partial charge on any atom is -0.451 e. The standard InChI is InChI=1S/C17H21NO2/c1-3-4-9-14-16(19)20-17(2)11-10-12-7-5-6-8-13(12)15(17)18-14/h5-8,14H,3-4,9-11H2,1-2H3/t14-,17-/m1/s1. The highest BCUT2D eigenvalue weighted by Crippen LogP contribution is 2.35. The van der Waals surface area contributed by atoms with E-state index in [9.17, 15) is 4.79 Å². The van der Waals surface area contributed by atoms with Gasteiger partial charge in [0.15, 0.2) is 5.60 Å². The highest BCUT2D eigenvalue weighted by Gasteiger charge is 2.44. The Morgan fingerprint density at radius 2 is 2.20 bits per heavy atom. The van der Waals surface area contributed by atoms with Gasteiger partial charge >= 0.3 is 5.97 Å². The minimum absolute atomic E-state index is 0.149. The van der Waals surface area contributed by atoms with Crippen LogP contribution in [0.5, 0.6) is 0 Å². The van der Waals surface area contributed by atoms with Crippen molar-refractivity contribution in [2.45, 2.75) is 57.6 Å². The first kappa shape index (κ1) is 13.3. The molecule has 1 heterocycles. The molecular weight excluding hydrogens is 250 g/mol. The van der Waals surface area contributed by atoms with Crippen LogP contribution in [0.3, 0.4) is 0 Å². The Bertz CT molecular complexity index is 564. The first-order valence-electron chi connectivity index (χ1n) is 7.53. The molecule has 0 N–H and O–H groups in total. The van der Waals surface area contributed by atoms with Crippen LogP contribution in [-0.4, -0.2) is 23.3 Å². The van der Waals surface area contributed by atoms with Crippen LogP contribution < -0.4 is 0 Å². The Morgan fingerprint density at radius 1 is 1.40 bits per heavy atom. The minimum atomic E-state index is -0.534. The number of hydrogen-bond donors (Lipinski definition) is 0. The predicted octanol–water partition coefficient (Wildman–Crippen LogP) is 3.30. The number of carbonyl (C=O) groups excluding carboxylic acids is 1. The quantitative estimate of drug-likeness (QED) is 0.791. The van der Waals surface area contributed by atoms with E-state index in [-0.39, 0.29) is 12.0 Å². The number of unbranched alkanes of at least 4 members (excludes halogenated alkanes) is 1. The lowest BCUT2D eigenvalue weighted by Gasteiger charge is -2.40. The number of hydrogen-bond acceptors (Lipinski definition) is 3. The number of ether oxygens (including phenoxy) is 1. The fourth-order valence-corrected chi connectivity index (χ4v) is 3.13. The normalized spacial score (nSPS) is 28.2. The van der Waals surface area contributed by atoms with Crippen LogP contribution in [0.1, 0.15) is 50.7 Å². The first-order chi connectivity index (χ1) is 9.64. The number of fused-ring (bicyclic) bond motifs is 3. The van der Waals surface area contributed by atoms with Gasteiger partial charge in [-0.05, 0) is 31.7 Å². The number of esters is 1. The Kier molecular flexibility index (Phi) is 3.36. The molecule has 0 saturated carbocycles. The number of nitrogens with zero attached hydrogens (tertiary/aromatic N) is 1. The lowest BCUT2D eigenvalue weighted by molar-refractivity contribution is -0.156. The number of carbonyl (C=O) groups is 1. The van der Waals surface area contributed by atoms with Gasteiger partial charge in [-0.25, -0.2) is 4.79 Å². The zero-order chi connectivity index (χ0) is 14.2. The molecule has 3 heteroatoms. The largest absolute Gasteiger partial charge is 0.451 e. The summed E-state index contributed by atoms with van der Waals surface area (Å²) in [7, 11) is 0. The van der Waals surface area contributed by atoms with Crippen LogP contribution in [-0.2, 0) is 16.0 Å². The van der Waals surface area contributed by atoms with E-state index in [4.69, 9.17) is 9.73 Å². The third-order valence-corrected chi connectivity index (χ3v) is 4.36. The third kappa shape index (κ3) is 2.15. The molecule has 3 rings (SSSR count). The molecule has 2 atom stereocenters. The van der Waals surface area contributed by atoms with Gasteiger partial charge in [-0.2, -0.15) is 0 Å². The summed E-state index contributed by atoms with van der Waals surface area (Å²) >= 11 is 0. The molecule has 106 valence electrons. The Balaban J connectivity index is 2.01. The van der Waals surface area contributed by atoms with Gasteiger partial charge in [0, 0.05) is 5.56 Å². The number of benzene rings is 1. The van der Waals surface area contributed by atoms with Crippen LogP contribution in [0.25, 0.3) is 0 Å².